The number of carbonyl (C=O) groups is 1. The van der Waals surface area contributed by atoms with Crippen LogP contribution in [0.25, 0.3) is 0 Å². The van der Waals surface area contributed by atoms with Crippen LogP contribution in [0, 0.1) is 0 Å². The number of aliphatic hydroxyl groups excluding tert-OH is 2. The average Bonchev–Trinajstić information content (AvgIpc) is 2.74. The Kier molecular flexibility index (Phi) is 7.74. The lowest BCUT2D eigenvalue weighted by atomic mass is 9.96. The van der Waals surface area contributed by atoms with Crippen LogP contribution in [-0.2, 0) is 32.2 Å². The monoisotopic (exact) mass is 401 g/mol. The summed E-state index contributed by atoms with van der Waals surface area (Å²) in [6.45, 7) is 1.47. The van der Waals surface area contributed by atoms with Gasteiger partial charge in [0.05, 0.1) is 19.8 Å². The van der Waals surface area contributed by atoms with Gasteiger partial charge in [0.15, 0.2) is 6.29 Å². The zero-order chi connectivity index (χ0) is 20.6. The second kappa shape index (κ2) is 10.5. The molecule has 1 saturated heterocycles. The molecule has 3 N–H and O–H groups in total. The van der Waals surface area contributed by atoms with Gasteiger partial charge in [-0.1, -0.05) is 60.7 Å². The van der Waals surface area contributed by atoms with Crippen molar-refractivity contribution in [3.8, 4) is 0 Å². The van der Waals surface area contributed by atoms with Crippen LogP contribution >= 0.6 is 0 Å². The summed E-state index contributed by atoms with van der Waals surface area (Å²) in [4.78, 5) is 11.8. The molecule has 0 aromatic heterocycles. The summed E-state index contributed by atoms with van der Waals surface area (Å²) < 4.78 is 17.6. The zero-order valence-corrected chi connectivity index (χ0v) is 16.3. The van der Waals surface area contributed by atoms with Gasteiger partial charge in [0.1, 0.15) is 24.4 Å². The lowest BCUT2D eigenvalue weighted by molar-refractivity contribution is -0.281. The minimum Gasteiger partial charge on any atom is -0.394 e. The Morgan fingerprint density at radius 3 is 2.07 bits per heavy atom. The van der Waals surface area contributed by atoms with E-state index in [1.54, 1.807) is 0 Å². The van der Waals surface area contributed by atoms with Crippen LogP contribution in [0.15, 0.2) is 60.7 Å². The molecule has 0 bridgehead atoms. The number of carbonyl (C=O) groups excluding carboxylic acids is 1. The number of hydrogen-bond donors (Lipinski definition) is 3. The molecule has 1 fully saturated rings. The highest BCUT2D eigenvalue weighted by Crippen LogP contribution is 2.26. The first kappa shape index (κ1) is 21.4. The minimum atomic E-state index is -1.13. The van der Waals surface area contributed by atoms with Crippen molar-refractivity contribution < 1.29 is 29.2 Å². The summed E-state index contributed by atoms with van der Waals surface area (Å²) in [5.41, 5.74) is 1.86. The van der Waals surface area contributed by atoms with E-state index >= 15 is 0 Å². The van der Waals surface area contributed by atoms with Crippen LogP contribution in [0.5, 0.6) is 0 Å². The summed E-state index contributed by atoms with van der Waals surface area (Å²) in [5.74, 6) is -0.296. The molecular formula is C22H27NO6. The summed E-state index contributed by atoms with van der Waals surface area (Å²) in [7, 11) is 0. The van der Waals surface area contributed by atoms with Gasteiger partial charge in [-0.25, -0.2) is 0 Å². The second-order valence-corrected chi connectivity index (χ2v) is 7.00. The first-order valence-corrected chi connectivity index (χ1v) is 9.61. The Morgan fingerprint density at radius 1 is 1.00 bits per heavy atom. The van der Waals surface area contributed by atoms with Crippen molar-refractivity contribution in [2.75, 3.05) is 6.61 Å². The Morgan fingerprint density at radius 2 is 1.55 bits per heavy atom. The number of benzene rings is 2. The number of hydrogen-bond acceptors (Lipinski definition) is 6. The molecule has 3 rings (SSSR count). The molecule has 29 heavy (non-hydrogen) atoms. The molecule has 1 aliphatic heterocycles. The molecule has 156 valence electrons. The van der Waals surface area contributed by atoms with Crippen LogP contribution < -0.4 is 5.32 Å². The maximum absolute atomic E-state index is 11.8. The Balaban J connectivity index is 1.76. The van der Waals surface area contributed by atoms with Gasteiger partial charge in [-0.2, -0.15) is 0 Å². The Hall–Kier alpha value is -2.29. The molecular weight excluding hydrogens is 374 g/mol. The molecule has 2 aromatic carbocycles. The van der Waals surface area contributed by atoms with Gasteiger partial charge in [0.2, 0.25) is 5.91 Å². The number of amides is 1. The number of rotatable bonds is 8. The molecule has 7 nitrogen and oxygen atoms in total. The topological polar surface area (TPSA) is 97.3 Å². The van der Waals surface area contributed by atoms with Crippen molar-refractivity contribution in [3.05, 3.63) is 71.8 Å². The number of nitrogens with one attached hydrogen (secondary N) is 1. The highest BCUT2D eigenvalue weighted by molar-refractivity contribution is 5.73. The van der Waals surface area contributed by atoms with Gasteiger partial charge in [-0.05, 0) is 11.1 Å². The van der Waals surface area contributed by atoms with Gasteiger partial charge in [-0.15, -0.1) is 0 Å². The number of ether oxygens (including phenoxy) is 3. The zero-order valence-electron chi connectivity index (χ0n) is 16.3. The summed E-state index contributed by atoms with van der Waals surface area (Å²) in [6.07, 6.45) is -3.72. The number of aliphatic hydroxyl groups is 2. The van der Waals surface area contributed by atoms with Crippen LogP contribution in [-0.4, -0.2) is 53.4 Å². The van der Waals surface area contributed by atoms with Gasteiger partial charge >= 0.3 is 0 Å². The van der Waals surface area contributed by atoms with E-state index in [0.717, 1.165) is 11.1 Å². The van der Waals surface area contributed by atoms with Crippen molar-refractivity contribution in [1.29, 1.82) is 0 Å². The summed E-state index contributed by atoms with van der Waals surface area (Å²) >= 11 is 0. The minimum absolute atomic E-state index is 0.238. The van der Waals surface area contributed by atoms with Gasteiger partial charge in [0.25, 0.3) is 0 Å². The van der Waals surface area contributed by atoms with E-state index < -0.39 is 37.3 Å². The fourth-order valence-electron chi connectivity index (χ4n) is 3.32. The van der Waals surface area contributed by atoms with Crippen molar-refractivity contribution in [1.82, 2.24) is 5.32 Å². The lowest BCUT2D eigenvalue weighted by Crippen LogP contribution is -2.65. The third-order valence-corrected chi connectivity index (χ3v) is 4.77. The largest absolute Gasteiger partial charge is 0.394 e. The smallest absolute Gasteiger partial charge is 0.217 e. The SMILES string of the molecule is CC(=O)NC1C(OCc2ccccc2)OC(CO)C(O)C1OCc1ccccc1. The van der Waals surface area contributed by atoms with E-state index in [2.05, 4.69) is 5.32 Å². The van der Waals surface area contributed by atoms with E-state index in [0.29, 0.717) is 0 Å². The molecule has 0 saturated carbocycles. The van der Waals surface area contributed by atoms with Gasteiger partial charge in [0, 0.05) is 6.92 Å². The highest BCUT2D eigenvalue weighted by atomic mass is 16.7. The molecule has 5 unspecified atom stereocenters. The fraction of sp³-hybridized carbons (Fsp3) is 0.409. The molecule has 0 radical (unpaired) electrons. The van der Waals surface area contributed by atoms with Crippen molar-refractivity contribution >= 4 is 5.91 Å². The summed E-state index contributed by atoms with van der Waals surface area (Å²) in [6, 6.07) is 18.3. The van der Waals surface area contributed by atoms with Crippen molar-refractivity contribution in [2.24, 2.45) is 0 Å². The van der Waals surface area contributed by atoms with E-state index in [-0.39, 0.29) is 19.1 Å². The standard InChI is InChI=1S/C22H27NO6/c1-15(25)23-19-21(27-13-16-8-4-2-5-9-16)20(26)18(12-24)29-22(19)28-14-17-10-6-3-7-11-17/h2-11,18-22,24,26H,12-14H2,1H3,(H,23,25). The molecule has 1 amide bonds. The highest BCUT2D eigenvalue weighted by Gasteiger charge is 2.46. The van der Waals surface area contributed by atoms with E-state index in [1.807, 2.05) is 60.7 Å². The predicted molar refractivity (Wildman–Crippen MR) is 106 cm³/mol. The predicted octanol–water partition coefficient (Wildman–Crippen LogP) is 1.37. The van der Waals surface area contributed by atoms with Gasteiger partial charge in [-0.3, -0.25) is 4.79 Å². The van der Waals surface area contributed by atoms with E-state index in [1.165, 1.54) is 6.92 Å². The maximum atomic E-state index is 11.8. The molecule has 7 heteroatoms. The molecule has 5 atom stereocenters. The molecule has 2 aromatic rings. The normalized spacial score (nSPS) is 26.8. The molecule has 0 spiro atoms. The third-order valence-electron chi connectivity index (χ3n) is 4.77. The quantitative estimate of drug-likeness (QED) is 0.618. The van der Waals surface area contributed by atoms with E-state index in [4.69, 9.17) is 14.2 Å². The second-order valence-electron chi connectivity index (χ2n) is 7.00. The average molecular weight is 401 g/mol. The molecule has 1 heterocycles. The van der Waals surface area contributed by atoms with Crippen molar-refractivity contribution in [3.63, 3.8) is 0 Å². The summed E-state index contributed by atoms with van der Waals surface area (Å²) in [5, 5.41) is 23.1. The van der Waals surface area contributed by atoms with Crippen LogP contribution in [0.3, 0.4) is 0 Å². The van der Waals surface area contributed by atoms with Crippen molar-refractivity contribution in [2.45, 2.75) is 50.8 Å². The fourth-order valence-corrected chi connectivity index (χ4v) is 3.32. The van der Waals surface area contributed by atoms with Crippen LogP contribution in [0.2, 0.25) is 0 Å². The first-order valence-electron chi connectivity index (χ1n) is 9.61. The maximum Gasteiger partial charge on any atom is 0.217 e. The third kappa shape index (κ3) is 5.85. The first-order chi connectivity index (χ1) is 14.1. The van der Waals surface area contributed by atoms with Crippen LogP contribution in [0.4, 0.5) is 0 Å². The molecule has 0 aliphatic carbocycles. The van der Waals surface area contributed by atoms with E-state index in [9.17, 15) is 15.0 Å². The van der Waals surface area contributed by atoms with Gasteiger partial charge < -0.3 is 29.7 Å². The lowest BCUT2D eigenvalue weighted by Gasteiger charge is -2.44. The molecule has 1 aliphatic rings. The van der Waals surface area contributed by atoms with Crippen LogP contribution in [0.1, 0.15) is 18.1 Å². The Bertz CT molecular complexity index is 756. The Labute approximate surface area is 170 Å².